The number of piperidine rings is 1. The van der Waals surface area contributed by atoms with Crippen LogP contribution in [0.1, 0.15) is 41.6 Å². The van der Waals surface area contributed by atoms with E-state index in [-0.39, 0.29) is 48.6 Å². The summed E-state index contributed by atoms with van der Waals surface area (Å²) in [5, 5.41) is 2.27. The van der Waals surface area contributed by atoms with Crippen molar-refractivity contribution >= 4 is 29.3 Å². The van der Waals surface area contributed by atoms with Gasteiger partial charge < -0.3 is 14.7 Å². The summed E-state index contributed by atoms with van der Waals surface area (Å²) in [6.45, 7) is 2.42. The number of carbonyl (C=O) groups is 4. The second-order valence-corrected chi connectivity index (χ2v) is 8.45. The summed E-state index contributed by atoms with van der Waals surface area (Å²) in [6.07, 6.45) is 2.39. The number of nitrogens with zero attached hydrogens (tertiary/aromatic N) is 3. The maximum absolute atomic E-state index is 14.9. The van der Waals surface area contributed by atoms with Crippen LogP contribution in [0, 0.1) is 11.7 Å². The van der Waals surface area contributed by atoms with Crippen molar-refractivity contribution in [1.29, 1.82) is 0 Å². The van der Waals surface area contributed by atoms with E-state index in [1.807, 2.05) is 9.80 Å². The van der Waals surface area contributed by atoms with Crippen LogP contribution in [0.15, 0.2) is 12.1 Å². The highest BCUT2D eigenvalue weighted by molar-refractivity contribution is 6.05. The Morgan fingerprint density at radius 2 is 1.77 bits per heavy atom. The molecule has 8 nitrogen and oxygen atoms in total. The van der Waals surface area contributed by atoms with Crippen LogP contribution in [-0.4, -0.2) is 65.6 Å². The molecule has 3 fully saturated rings. The van der Waals surface area contributed by atoms with Gasteiger partial charge >= 0.3 is 0 Å². The van der Waals surface area contributed by atoms with Crippen LogP contribution < -0.4 is 10.2 Å². The number of piperazine rings is 1. The summed E-state index contributed by atoms with van der Waals surface area (Å²) in [6, 6.07) is 2.22. The number of rotatable bonds is 3. The van der Waals surface area contributed by atoms with Crippen LogP contribution in [0.25, 0.3) is 0 Å². The van der Waals surface area contributed by atoms with Crippen LogP contribution in [0.2, 0.25) is 0 Å². The van der Waals surface area contributed by atoms with Crippen molar-refractivity contribution in [3.05, 3.63) is 29.1 Å². The van der Waals surface area contributed by atoms with Crippen LogP contribution in [-0.2, 0) is 20.9 Å². The summed E-state index contributed by atoms with van der Waals surface area (Å²) < 4.78 is 14.9. The number of nitrogens with one attached hydrogen (secondary N) is 1. The van der Waals surface area contributed by atoms with Crippen molar-refractivity contribution in [3.63, 3.8) is 0 Å². The third kappa shape index (κ3) is 3.22. The molecule has 0 spiro atoms. The fourth-order valence-electron chi connectivity index (χ4n) is 4.57. The van der Waals surface area contributed by atoms with Gasteiger partial charge in [0.2, 0.25) is 17.7 Å². The maximum atomic E-state index is 14.9. The van der Waals surface area contributed by atoms with Gasteiger partial charge in [0.1, 0.15) is 11.9 Å². The van der Waals surface area contributed by atoms with Gasteiger partial charge in [-0.2, -0.15) is 0 Å². The topological polar surface area (TPSA) is 90.0 Å². The van der Waals surface area contributed by atoms with E-state index in [1.165, 1.54) is 11.0 Å². The third-order valence-electron chi connectivity index (χ3n) is 6.45. The Morgan fingerprint density at radius 1 is 1.03 bits per heavy atom. The van der Waals surface area contributed by atoms with Crippen LogP contribution in [0.4, 0.5) is 10.1 Å². The van der Waals surface area contributed by atoms with Crippen molar-refractivity contribution in [2.24, 2.45) is 5.92 Å². The number of hydrogen-bond donors (Lipinski definition) is 1. The molecule has 0 radical (unpaired) electrons. The number of fused-ring (bicyclic) bond motifs is 1. The zero-order chi connectivity index (χ0) is 21.0. The second-order valence-electron chi connectivity index (χ2n) is 8.45. The predicted molar refractivity (Wildman–Crippen MR) is 104 cm³/mol. The minimum Gasteiger partial charge on any atom is -0.366 e. The first kappa shape index (κ1) is 19.0. The average Bonchev–Trinajstić information content (AvgIpc) is 3.53. The maximum Gasteiger partial charge on any atom is 0.255 e. The molecule has 1 aromatic carbocycles. The summed E-state index contributed by atoms with van der Waals surface area (Å²) in [4.78, 5) is 53.8. The second kappa shape index (κ2) is 7.07. The van der Waals surface area contributed by atoms with Crippen LogP contribution in [0.3, 0.4) is 0 Å². The number of imide groups is 1. The number of amides is 4. The molecule has 30 heavy (non-hydrogen) atoms. The standard InChI is InChI=1S/C21H23FN4O4/c22-15-10-14-13(11-26(21(14)30)16-3-4-18(27)23-19(16)28)9-17(15)24-5-7-25(8-6-24)20(29)12-1-2-12/h9-10,12,16H,1-8,11H2,(H,23,27,28). The van der Waals surface area contributed by atoms with Gasteiger partial charge in [0.15, 0.2) is 0 Å². The van der Waals surface area contributed by atoms with Crippen molar-refractivity contribution in [2.75, 3.05) is 31.1 Å². The fourth-order valence-corrected chi connectivity index (χ4v) is 4.57. The van der Waals surface area contributed by atoms with E-state index in [1.54, 1.807) is 6.07 Å². The molecular weight excluding hydrogens is 391 g/mol. The van der Waals surface area contributed by atoms with Crippen molar-refractivity contribution in [2.45, 2.75) is 38.3 Å². The van der Waals surface area contributed by atoms with E-state index in [0.717, 1.165) is 12.8 Å². The number of hydrogen-bond acceptors (Lipinski definition) is 5. The molecule has 0 bridgehead atoms. The molecule has 5 rings (SSSR count). The van der Waals surface area contributed by atoms with Gasteiger partial charge in [0, 0.05) is 50.6 Å². The highest BCUT2D eigenvalue weighted by atomic mass is 19.1. The molecular formula is C21H23FN4O4. The summed E-state index contributed by atoms with van der Waals surface area (Å²) in [7, 11) is 0. The number of carbonyl (C=O) groups excluding carboxylic acids is 4. The lowest BCUT2D eigenvalue weighted by molar-refractivity contribution is -0.137. The Hall–Kier alpha value is -2.97. The Bertz CT molecular complexity index is 953. The molecule has 3 aliphatic heterocycles. The van der Waals surface area contributed by atoms with Gasteiger partial charge in [0.25, 0.3) is 5.91 Å². The largest absolute Gasteiger partial charge is 0.366 e. The average molecular weight is 414 g/mol. The van der Waals surface area contributed by atoms with Gasteiger partial charge in [-0.25, -0.2) is 4.39 Å². The Morgan fingerprint density at radius 3 is 2.43 bits per heavy atom. The SMILES string of the molecule is O=C1CCC(N2Cc3cc(N4CCN(C(=O)C5CC5)CC4)c(F)cc3C2=O)C(=O)N1. The van der Waals surface area contributed by atoms with E-state index in [4.69, 9.17) is 0 Å². The normalized spacial score (nSPS) is 24.2. The zero-order valence-corrected chi connectivity index (χ0v) is 16.5. The first-order chi connectivity index (χ1) is 14.4. The zero-order valence-electron chi connectivity index (χ0n) is 16.5. The van der Waals surface area contributed by atoms with E-state index < -0.39 is 17.8 Å². The van der Waals surface area contributed by atoms with Gasteiger partial charge in [-0.3, -0.25) is 24.5 Å². The Kier molecular flexibility index (Phi) is 4.48. The molecule has 0 aromatic heterocycles. The summed E-state index contributed by atoms with van der Waals surface area (Å²) in [5.74, 6) is -1.30. The lowest BCUT2D eigenvalue weighted by Crippen LogP contribution is -2.52. The molecule has 4 aliphatic rings. The molecule has 158 valence electrons. The van der Waals surface area contributed by atoms with Crippen molar-refractivity contribution < 1.29 is 23.6 Å². The quantitative estimate of drug-likeness (QED) is 0.734. The lowest BCUT2D eigenvalue weighted by atomic mass is 10.0. The molecule has 1 N–H and O–H groups in total. The Balaban J connectivity index is 1.31. The molecule has 1 aromatic rings. The molecule has 4 amide bonds. The lowest BCUT2D eigenvalue weighted by Gasteiger charge is -2.36. The van der Waals surface area contributed by atoms with E-state index >= 15 is 0 Å². The predicted octanol–water partition coefficient (Wildman–Crippen LogP) is 0.645. The molecule has 1 aliphatic carbocycles. The summed E-state index contributed by atoms with van der Waals surface area (Å²) in [5.41, 5.74) is 1.37. The first-order valence-corrected chi connectivity index (χ1v) is 10.4. The van der Waals surface area contributed by atoms with Gasteiger partial charge in [-0.15, -0.1) is 0 Å². The number of benzene rings is 1. The minimum atomic E-state index is -0.717. The van der Waals surface area contributed by atoms with Crippen LogP contribution >= 0.6 is 0 Å². The highest BCUT2D eigenvalue weighted by Gasteiger charge is 2.40. The van der Waals surface area contributed by atoms with Gasteiger partial charge in [-0.1, -0.05) is 0 Å². The molecule has 1 saturated carbocycles. The Labute approximate surface area is 173 Å². The third-order valence-corrected chi connectivity index (χ3v) is 6.45. The first-order valence-electron chi connectivity index (χ1n) is 10.4. The van der Waals surface area contributed by atoms with Gasteiger partial charge in [-0.05, 0) is 37.0 Å². The smallest absolute Gasteiger partial charge is 0.255 e. The molecule has 1 unspecified atom stereocenters. The summed E-state index contributed by atoms with van der Waals surface area (Å²) >= 11 is 0. The molecule has 2 saturated heterocycles. The van der Waals surface area contributed by atoms with E-state index in [0.29, 0.717) is 37.4 Å². The molecule has 9 heteroatoms. The molecule has 1 atom stereocenters. The van der Waals surface area contributed by atoms with E-state index in [2.05, 4.69) is 5.32 Å². The highest BCUT2D eigenvalue weighted by Crippen LogP contribution is 2.34. The number of anilines is 1. The monoisotopic (exact) mass is 414 g/mol. The van der Waals surface area contributed by atoms with E-state index in [9.17, 15) is 23.6 Å². The fraction of sp³-hybridized carbons (Fsp3) is 0.524. The van der Waals surface area contributed by atoms with Gasteiger partial charge in [0.05, 0.1) is 5.69 Å². The van der Waals surface area contributed by atoms with Crippen molar-refractivity contribution in [1.82, 2.24) is 15.1 Å². The van der Waals surface area contributed by atoms with Crippen LogP contribution in [0.5, 0.6) is 0 Å². The molecule has 3 heterocycles. The minimum absolute atomic E-state index is 0.178. The number of halogens is 1. The van der Waals surface area contributed by atoms with Crippen molar-refractivity contribution in [3.8, 4) is 0 Å².